The average Bonchev–Trinajstić information content (AvgIpc) is 2.19. The second-order valence-electron chi connectivity index (χ2n) is 3.11. The summed E-state index contributed by atoms with van der Waals surface area (Å²) in [6, 6.07) is 5.92. The molecule has 1 N–H and O–H groups in total. The van der Waals surface area contributed by atoms with Gasteiger partial charge in [-0.15, -0.1) is 0 Å². The van der Waals surface area contributed by atoms with Crippen molar-refractivity contribution in [2.75, 3.05) is 0 Å². The highest BCUT2D eigenvalue weighted by atomic mass is 14.8. The Labute approximate surface area is 78.5 Å². The summed E-state index contributed by atoms with van der Waals surface area (Å²) in [6.07, 6.45) is 5.91. The molecule has 0 spiro atoms. The predicted octanol–water partition coefficient (Wildman–Crippen LogP) is 1.74. The molecular weight excluding hydrogens is 159 g/mol. The van der Waals surface area contributed by atoms with E-state index in [0.29, 0.717) is 6.85 Å². The molecule has 0 fully saturated rings. The van der Waals surface area contributed by atoms with Crippen LogP contribution in [0.2, 0.25) is 6.82 Å². The van der Waals surface area contributed by atoms with Crippen LogP contribution in [-0.4, -0.2) is 11.8 Å². The molecule has 0 aromatic carbocycles. The zero-order valence-corrected chi connectivity index (χ0v) is 7.57. The molecule has 0 aliphatic carbocycles. The monoisotopic (exact) mass is 170 g/mol. The highest BCUT2D eigenvalue weighted by Crippen LogP contribution is 2.11. The van der Waals surface area contributed by atoms with Gasteiger partial charge in [0.2, 0.25) is 0 Å². The second kappa shape index (κ2) is 3.48. The normalized spacial score (nSPS) is 15.2. The van der Waals surface area contributed by atoms with Crippen LogP contribution >= 0.6 is 0 Å². The fourth-order valence-electron chi connectivity index (χ4n) is 1.34. The SMILES string of the molecule is CB1C=CC=C(c2ccccn2)N1. The van der Waals surface area contributed by atoms with E-state index in [-0.39, 0.29) is 0 Å². The van der Waals surface area contributed by atoms with Crippen molar-refractivity contribution in [1.82, 2.24) is 10.2 Å². The number of pyridine rings is 1. The average molecular weight is 170 g/mol. The molecule has 2 nitrogen and oxygen atoms in total. The maximum Gasteiger partial charge on any atom is 0.275 e. The first kappa shape index (κ1) is 8.11. The predicted molar refractivity (Wildman–Crippen MR) is 56.1 cm³/mol. The molecule has 1 aromatic heterocycles. The van der Waals surface area contributed by atoms with Crippen LogP contribution < -0.4 is 5.23 Å². The van der Waals surface area contributed by atoms with E-state index >= 15 is 0 Å². The van der Waals surface area contributed by atoms with E-state index in [1.165, 1.54) is 0 Å². The van der Waals surface area contributed by atoms with Gasteiger partial charge in [-0.05, 0) is 18.2 Å². The van der Waals surface area contributed by atoms with Crippen molar-refractivity contribution >= 4 is 12.5 Å². The van der Waals surface area contributed by atoms with Gasteiger partial charge in [-0.3, -0.25) is 4.98 Å². The number of hydrogen-bond donors (Lipinski definition) is 1. The molecule has 2 rings (SSSR count). The van der Waals surface area contributed by atoms with Crippen LogP contribution in [0.3, 0.4) is 0 Å². The Bertz CT molecular complexity index is 343. The van der Waals surface area contributed by atoms with Crippen LogP contribution in [0.15, 0.2) is 42.5 Å². The fourth-order valence-corrected chi connectivity index (χ4v) is 1.34. The number of allylic oxidation sites excluding steroid dienone is 2. The number of nitrogens with one attached hydrogen (secondary N) is 1. The van der Waals surface area contributed by atoms with Crippen molar-refractivity contribution < 1.29 is 0 Å². The molecule has 3 heteroatoms. The van der Waals surface area contributed by atoms with Gasteiger partial charge in [0.25, 0.3) is 6.85 Å². The van der Waals surface area contributed by atoms with E-state index in [2.05, 4.69) is 29.1 Å². The second-order valence-corrected chi connectivity index (χ2v) is 3.11. The lowest BCUT2D eigenvalue weighted by molar-refractivity contribution is 1.21. The zero-order valence-electron chi connectivity index (χ0n) is 7.57. The summed E-state index contributed by atoms with van der Waals surface area (Å²) < 4.78 is 0. The van der Waals surface area contributed by atoms with Crippen LogP contribution in [0, 0.1) is 0 Å². The molecule has 1 aliphatic rings. The summed E-state index contributed by atoms with van der Waals surface area (Å²) in [5.41, 5.74) is 2.09. The van der Waals surface area contributed by atoms with E-state index in [0.717, 1.165) is 11.4 Å². The fraction of sp³-hybridized carbons (Fsp3) is 0.100. The van der Waals surface area contributed by atoms with Crippen LogP contribution in [0.4, 0.5) is 0 Å². The minimum Gasteiger partial charge on any atom is -0.423 e. The van der Waals surface area contributed by atoms with Gasteiger partial charge in [-0.25, -0.2) is 0 Å². The Kier molecular flexibility index (Phi) is 2.17. The number of nitrogens with zero attached hydrogens (tertiary/aromatic N) is 1. The number of rotatable bonds is 1. The molecule has 0 unspecified atom stereocenters. The molecule has 64 valence electrons. The molecule has 0 atom stereocenters. The number of hydrogen-bond acceptors (Lipinski definition) is 2. The van der Waals surface area contributed by atoms with Crippen molar-refractivity contribution in [1.29, 1.82) is 0 Å². The number of aromatic nitrogens is 1. The van der Waals surface area contributed by atoms with Crippen LogP contribution in [0.1, 0.15) is 5.69 Å². The highest BCUT2D eigenvalue weighted by molar-refractivity contribution is 6.62. The Hall–Kier alpha value is -1.51. The molecule has 0 saturated carbocycles. The topological polar surface area (TPSA) is 24.9 Å². The molecular formula is C10H11BN2. The van der Waals surface area contributed by atoms with Gasteiger partial charge in [0.1, 0.15) is 0 Å². The van der Waals surface area contributed by atoms with E-state index < -0.39 is 0 Å². The third kappa shape index (κ3) is 1.80. The maximum absolute atomic E-state index is 4.27. The van der Waals surface area contributed by atoms with Gasteiger partial charge in [0, 0.05) is 11.9 Å². The molecule has 1 aliphatic heterocycles. The summed E-state index contributed by atoms with van der Waals surface area (Å²) in [5.74, 6) is 2.12. The molecule has 2 heterocycles. The third-order valence-electron chi connectivity index (χ3n) is 1.99. The Morgan fingerprint density at radius 3 is 3.00 bits per heavy atom. The van der Waals surface area contributed by atoms with Crippen LogP contribution in [0.25, 0.3) is 5.70 Å². The first-order chi connectivity index (χ1) is 6.36. The largest absolute Gasteiger partial charge is 0.423 e. The first-order valence-corrected chi connectivity index (χ1v) is 4.43. The van der Waals surface area contributed by atoms with E-state index in [1.54, 1.807) is 6.20 Å². The molecule has 0 saturated heterocycles. The van der Waals surface area contributed by atoms with Crippen molar-refractivity contribution in [3.05, 3.63) is 48.2 Å². The van der Waals surface area contributed by atoms with E-state index in [4.69, 9.17) is 0 Å². The molecule has 13 heavy (non-hydrogen) atoms. The minimum absolute atomic E-state index is 0.391. The van der Waals surface area contributed by atoms with Crippen molar-refractivity contribution in [3.63, 3.8) is 0 Å². The third-order valence-corrected chi connectivity index (χ3v) is 1.99. The summed E-state index contributed by atoms with van der Waals surface area (Å²) in [4.78, 5) is 4.27. The lowest BCUT2D eigenvalue weighted by Crippen LogP contribution is -2.29. The van der Waals surface area contributed by atoms with Crippen LogP contribution in [0.5, 0.6) is 0 Å². The van der Waals surface area contributed by atoms with Gasteiger partial charge in [-0.1, -0.05) is 24.9 Å². The van der Waals surface area contributed by atoms with Gasteiger partial charge >= 0.3 is 0 Å². The van der Waals surface area contributed by atoms with Gasteiger partial charge in [0.05, 0.1) is 5.69 Å². The van der Waals surface area contributed by atoms with Gasteiger partial charge in [-0.2, -0.15) is 0 Å². The standard InChI is InChI=1S/C10H11BN2/c1-11-7-4-6-10(13-11)9-5-2-3-8-12-9/h2-8,13H,1H3. The van der Waals surface area contributed by atoms with Crippen LogP contribution in [-0.2, 0) is 0 Å². The van der Waals surface area contributed by atoms with Crippen molar-refractivity contribution in [2.24, 2.45) is 0 Å². The van der Waals surface area contributed by atoms with E-state index in [1.807, 2.05) is 24.3 Å². The quantitative estimate of drug-likeness (QED) is 0.649. The Morgan fingerprint density at radius 2 is 2.31 bits per heavy atom. The highest BCUT2D eigenvalue weighted by Gasteiger charge is 2.09. The lowest BCUT2D eigenvalue weighted by atomic mass is 9.63. The summed E-state index contributed by atoms with van der Waals surface area (Å²) >= 11 is 0. The maximum atomic E-state index is 4.27. The minimum atomic E-state index is 0.391. The van der Waals surface area contributed by atoms with Crippen molar-refractivity contribution in [3.8, 4) is 0 Å². The Balaban J connectivity index is 2.28. The van der Waals surface area contributed by atoms with Crippen molar-refractivity contribution in [2.45, 2.75) is 6.82 Å². The molecule has 1 aromatic rings. The lowest BCUT2D eigenvalue weighted by Gasteiger charge is -2.14. The zero-order chi connectivity index (χ0) is 9.10. The van der Waals surface area contributed by atoms with E-state index in [9.17, 15) is 0 Å². The smallest absolute Gasteiger partial charge is 0.275 e. The first-order valence-electron chi connectivity index (χ1n) is 4.43. The summed E-state index contributed by atoms with van der Waals surface area (Å²) in [6.45, 7) is 2.51. The van der Waals surface area contributed by atoms with Gasteiger partial charge < -0.3 is 5.23 Å². The summed E-state index contributed by atoms with van der Waals surface area (Å²) in [7, 11) is 0. The Morgan fingerprint density at radius 1 is 1.38 bits per heavy atom. The van der Waals surface area contributed by atoms with Gasteiger partial charge in [0.15, 0.2) is 0 Å². The molecule has 0 amide bonds. The molecule has 0 bridgehead atoms. The summed E-state index contributed by atoms with van der Waals surface area (Å²) in [5, 5.41) is 3.34. The molecule has 0 radical (unpaired) electrons.